The van der Waals surface area contributed by atoms with E-state index in [2.05, 4.69) is 12.2 Å². The third-order valence-electron chi connectivity index (χ3n) is 2.32. The summed E-state index contributed by atoms with van der Waals surface area (Å²) in [6.45, 7) is 5.04. The molecule has 0 aliphatic carbocycles. The van der Waals surface area contributed by atoms with Gasteiger partial charge in [0.05, 0.1) is 0 Å². The molecule has 1 N–H and O–H groups in total. The predicted octanol–water partition coefficient (Wildman–Crippen LogP) is 2.53. The van der Waals surface area contributed by atoms with Crippen molar-refractivity contribution in [2.45, 2.75) is 20.3 Å². The Bertz CT molecular complexity index is 296. The lowest BCUT2D eigenvalue weighted by molar-refractivity contribution is 0.520. The predicted molar refractivity (Wildman–Crippen MR) is 57.9 cm³/mol. The smallest absolute Gasteiger partial charge is 0.126 e. The second-order valence-electron chi connectivity index (χ2n) is 3.96. The Balaban J connectivity index is 2.70. The van der Waals surface area contributed by atoms with Crippen molar-refractivity contribution >= 4 is 0 Å². The molecule has 1 atom stereocenters. The Morgan fingerprint density at radius 2 is 2.14 bits per heavy atom. The molecule has 0 fully saturated rings. The number of rotatable bonds is 4. The topological polar surface area (TPSA) is 12.0 Å². The Morgan fingerprint density at radius 1 is 1.43 bits per heavy atom. The zero-order valence-electron chi connectivity index (χ0n) is 9.10. The molecule has 0 saturated heterocycles. The molecule has 14 heavy (non-hydrogen) atoms. The lowest BCUT2D eigenvalue weighted by Crippen LogP contribution is -2.18. The summed E-state index contributed by atoms with van der Waals surface area (Å²) in [5, 5.41) is 3.10. The van der Waals surface area contributed by atoms with Crippen LogP contribution < -0.4 is 5.32 Å². The van der Waals surface area contributed by atoms with Crippen LogP contribution in [-0.4, -0.2) is 13.6 Å². The summed E-state index contributed by atoms with van der Waals surface area (Å²) >= 11 is 0. The fraction of sp³-hybridized carbons (Fsp3) is 0.500. The molecule has 0 radical (unpaired) electrons. The normalized spacial score (nSPS) is 12.9. The van der Waals surface area contributed by atoms with Gasteiger partial charge in [0, 0.05) is 0 Å². The minimum absolute atomic E-state index is 0.0847. The Morgan fingerprint density at radius 3 is 2.79 bits per heavy atom. The summed E-state index contributed by atoms with van der Waals surface area (Å²) in [6.07, 6.45) is 0.800. The zero-order valence-corrected chi connectivity index (χ0v) is 9.10. The fourth-order valence-corrected chi connectivity index (χ4v) is 1.66. The van der Waals surface area contributed by atoms with Crippen LogP contribution in [0.1, 0.15) is 18.1 Å². The second kappa shape index (κ2) is 5.11. The van der Waals surface area contributed by atoms with Gasteiger partial charge in [-0.15, -0.1) is 0 Å². The summed E-state index contributed by atoms with van der Waals surface area (Å²) in [6, 6.07) is 5.29. The Hall–Kier alpha value is -0.890. The van der Waals surface area contributed by atoms with Gasteiger partial charge in [0.25, 0.3) is 0 Å². The maximum atomic E-state index is 13.3. The van der Waals surface area contributed by atoms with Gasteiger partial charge >= 0.3 is 0 Å². The van der Waals surface area contributed by atoms with E-state index in [1.54, 1.807) is 6.07 Å². The highest BCUT2D eigenvalue weighted by molar-refractivity contribution is 5.24. The van der Waals surface area contributed by atoms with E-state index < -0.39 is 0 Å². The van der Waals surface area contributed by atoms with Crippen LogP contribution in [-0.2, 0) is 6.42 Å². The van der Waals surface area contributed by atoms with E-state index in [1.807, 2.05) is 26.1 Å². The molecule has 1 nitrogen and oxygen atoms in total. The average molecular weight is 195 g/mol. The molecule has 0 spiro atoms. The number of halogens is 1. The SMILES string of the molecule is CNCC(C)Cc1cc(C)ccc1F. The first-order valence-corrected chi connectivity index (χ1v) is 5.03. The van der Waals surface area contributed by atoms with E-state index in [-0.39, 0.29) is 5.82 Å². The van der Waals surface area contributed by atoms with Crippen LogP contribution in [0, 0.1) is 18.7 Å². The summed E-state index contributed by atoms with van der Waals surface area (Å²) in [5.74, 6) is 0.384. The number of hydrogen-bond donors (Lipinski definition) is 1. The van der Waals surface area contributed by atoms with Crippen molar-refractivity contribution in [3.05, 3.63) is 35.1 Å². The lowest BCUT2D eigenvalue weighted by atomic mass is 9.99. The molecule has 2 heteroatoms. The van der Waals surface area contributed by atoms with Crippen LogP contribution >= 0.6 is 0 Å². The van der Waals surface area contributed by atoms with Gasteiger partial charge in [-0.1, -0.05) is 24.6 Å². The largest absolute Gasteiger partial charge is 0.319 e. The van der Waals surface area contributed by atoms with Crippen LogP contribution in [0.25, 0.3) is 0 Å². The molecular formula is C12H18FN. The summed E-state index contributed by atoms with van der Waals surface area (Å²) in [7, 11) is 1.92. The molecule has 78 valence electrons. The van der Waals surface area contributed by atoms with E-state index in [0.717, 1.165) is 24.1 Å². The number of nitrogens with one attached hydrogen (secondary N) is 1. The van der Waals surface area contributed by atoms with Crippen molar-refractivity contribution in [2.75, 3.05) is 13.6 Å². The minimum atomic E-state index is -0.0847. The molecule has 1 unspecified atom stereocenters. The van der Waals surface area contributed by atoms with Gasteiger partial charge in [0.15, 0.2) is 0 Å². The Labute approximate surface area is 85.3 Å². The van der Waals surface area contributed by atoms with Crippen molar-refractivity contribution in [3.63, 3.8) is 0 Å². The van der Waals surface area contributed by atoms with Gasteiger partial charge < -0.3 is 5.32 Å². The first kappa shape index (κ1) is 11.2. The third-order valence-corrected chi connectivity index (χ3v) is 2.32. The quantitative estimate of drug-likeness (QED) is 0.778. The van der Waals surface area contributed by atoms with Crippen LogP contribution in [0.4, 0.5) is 4.39 Å². The van der Waals surface area contributed by atoms with Crippen LogP contribution in [0.5, 0.6) is 0 Å². The molecule has 0 bridgehead atoms. The van der Waals surface area contributed by atoms with Gasteiger partial charge in [0.2, 0.25) is 0 Å². The van der Waals surface area contributed by atoms with Crippen molar-refractivity contribution in [2.24, 2.45) is 5.92 Å². The number of hydrogen-bond acceptors (Lipinski definition) is 1. The Kier molecular flexibility index (Phi) is 4.08. The van der Waals surface area contributed by atoms with Crippen molar-refractivity contribution in [3.8, 4) is 0 Å². The zero-order chi connectivity index (χ0) is 10.6. The molecule has 0 aliphatic heterocycles. The van der Waals surface area contributed by atoms with Gasteiger partial charge in [0.1, 0.15) is 5.82 Å². The highest BCUT2D eigenvalue weighted by atomic mass is 19.1. The molecular weight excluding hydrogens is 177 g/mol. The van der Waals surface area contributed by atoms with Crippen molar-refractivity contribution in [1.82, 2.24) is 5.32 Å². The van der Waals surface area contributed by atoms with E-state index in [9.17, 15) is 4.39 Å². The number of aryl methyl sites for hydroxylation is 1. The van der Waals surface area contributed by atoms with Gasteiger partial charge in [-0.05, 0) is 44.5 Å². The fourth-order valence-electron chi connectivity index (χ4n) is 1.66. The van der Waals surface area contributed by atoms with Crippen molar-refractivity contribution in [1.29, 1.82) is 0 Å². The molecule has 0 aliphatic rings. The lowest BCUT2D eigenvalue weighted by Gasteiger charge is -2.11. The van der Waals surface area contributed by atoms with Crippen LogP contribution in [0.3, 0.4) is 0 Å². The van der Waals surface area contributed by atoms with E-state index in [1.165, 1.54) is 0 Å². The third kappa shape index (κ3) is 3.11. The first-order chi connectivity index (χ1) is 6.63. The molecule has 0 aromatic heterocycles. The maximum Gasteiger partial charge on any atom is 0.126 e. The highest BCUT2D eigenvalue weighted by Crippen LogP contribution is 2.14. The van der Waals surface area contributed by atoms with Gasteiger partial charge in [-0.25, -0.2) is 4.39 Å². The summed E-state index contributed by atoms with van der Waals surface area (Å²) in [4.78, 5) is 0. The molecule has 0 saturated carbocycles. The average Bonchev–Trinajstić information content (AvgIpc) is 2.12. The van der Waals surface area contributed by atoms with E-state index >= 15 is 0 Å². The standard InChI is InChI=1S/C12H18FN/c1-9-4-5-12(13)11(6-9)7-10(2)8-14-3/h4-6,10,14H,7-8H2,1-3H3. The van der Waals surface area contributed by atoms with Gasteiger partial charge in [-0.2, -0.15) is 0 Å². The number of benzene rings is 1. The van der Waals surface area contributed by atoms with Crippen LogP contribution in [0.15, 0.2) is 18.2 Å². The van der Waals surface area contributed by atoms with E-state index in [4.69, 9.17) is 0 Å². The molecule has 1 aromatic rings. The molecule has 1 rings (SSSR count). The summed E-state index contributed by atoms with van der Waals surface area (Å²) < 4.78 is 13.3. The molecule has 0 heterocycles. The van der Waals surface area contributed by atoms with Gasteiger partial charge in [-0.3, -0.25) is 0 Å². The monoisotopic (exact) mass is 195 g/mol. The second-order valence-corrected chi connectivity index (χ2v) is 3.96. The minimum Gasteiger partial charge on any atom is -0.319 e. The molecule has 0 amide bonds. The highest BCUT2D eigenvalue weighted by Gasteiger charge is 2.07. The molecule has 1 aromatic carbocycles. The first-order valence-electron chi connectivity index (χ1n) is 5.03. The van der Waals surface area contributed by atoms with Crippen molar-refractivity contribution < 1.29 is 4.39 Å². The van der Waals surface area contributed by atoms with Crippen LogP contribution in [0.2, 0.25) is 0 Å². The maximum absolute atomic E-state index is 13.3. The van der Waals surface area contributed by atoms with E-state index in [0.29, 0.717) is 5.92 Å². The summed E-state index contributed by atoms with van der Waals surface area (Å²) in [5.41, 5.74) is 1.95.